The average molecular weight is 876 g/mol. The van der Waals surface area contributed by atoms with E-state index in [0.29, 0.717) is 0 Å². The molecular weight excluding hydrogens is 819 g/mol. The standard InChI is InChI=1S/C67H57N/c1-64(2,3)45-27-31-55-60(37-45)67(57-24-16-13-21-52(57)53-22-14-17-25-58(53)67)61-38-46(65(4,5)6)39-62(63(55)61)68(48-29-33-54-51-20-12-15-23-56(51)66(7,8)59(54)40-48)47-28-32-50-44(36-47)35-43-34-42(26-30-49(43)50)41-18-10-9-11-19-41/h9-34,36-40H,35H2,1-8H3. The summed E-state index contributed by atoms with van der Waals surface area (Å²) in [7, 11) is 0. The molecule has 0 saturated carbocycles. The molecule has 0 heterocycles. The highest BCUT2D eigenvalue weighted by Gasteiger charge is 2.53. The summed E-state index contributed by atoms with van der Waals surface area (Å²) in [5.74, 6) is 0. The van der Waals surface area contributed by atoms with Gasteiger partial charge in [0.1, 0.15) is 0 Å². The second-order valence-corrected chi connectivity index (χ2v) is 22.5. The second kappa shape index (κ2) is 14.2. The first kappa shape index (κ1) is 41.0. The maximum absolute atomic E-state index is 2.64. The summed E-state index contributed by atoms with van der Waals surface area (Å²) in [6, 6.07) is 72.6. The second-order valence-electron chi connectivity index (χ2n) is 22.5. The number of benzene rings is 9. The van der Waals surface area contributed by atoms with E-state index in [1.165, 1.54) is 128 Å². The van der Waals surface area contributed by atoms with Gasteiger partial charge in [0.05, 0.1) is 11.1 Å². The van der Waals surface area contributed by atoms with Crippen LogP contribution in [0.15, 0.2) is 188 Å². The van der Waals surface area contributed by atoms with E-state index in [-0.39, 0.29) is 16.2 Å². The lowest BCUT2D eigenvalue weighted by atomic mass is 9.68. The molecule has 1 spiro atoms. The van der Waals surface area contributed by atoms with Crippen molar-refractivity contribution in [3.05, 3.63) is 244 Å². The van der Waals surface area contributed by atoms with Crippen LogP contribution >= 0.6 is 0 Å². The summed E-state index contributed by atoms with van der Waals surface area (Å²) in [6.45, 7) is 19.0. The zero-order chi connectivity index (χ0) is 46.5. The van der Waals surface area contributed by atoms with Crippen LogP contribution in [0.2, 0.25) is 0 Å². The lowest BCUT2D eigenvalue weighted by Gasteiger charge is -2.35. The molecule has 0 fully saturated rings. The van der Waals surface area contributed by atoms with E-state index in [1.54, 1.807) is 0 Å². The summed E-state index contributed by atoms with van der Waals surface area (Å²) in [4.78, 5) is 2.64. The molecule has 0 unspecified atom stereocenters. The summed E-state index contributed by atoms with van der Waals surface area (Å²) < 4.78 is 0. The molecule has 4 aliphatic rings. The van der Waals surface area contributed by atoms with Crippen molar-refractivity contribution in [2.75, 3.05) is 4.90 Å². The highest BCUT2D eigenvalue weighted by Crippen LogP contribution is 2.66. The molecule has 13 rings (SSSR count). The van der Waals surface area contributed by atoms with Gasteiger partial charge in [-0.1, -0.05) is 213 Å². The molecule has 0 radical (unpaired) electrons. The lowest BCUT2D eigenvalue weighted by Crippen LogP contribution is -2.27. The van der Waals surface area contributed by atoms with Crippen molar-refractivity contribution in [1.29, 1.82) is 0 Å². The Morgan fingerprint density at radius 2 is 0.882 bits per heavy atom. The fraction of sp³-hybridized carbons (Fsp3) is 0.194. The minimum Gasteiger partial charge on any atom is -0.310 e. The smallest absolute Gasteiger partial charge is 0.0726 e. The highest BCUT2D eigenvalue weighted by molar-refractivity contribution is 6.02. The fourth-order valence-electron chi connectivity index (χ4n) is 12.7. The van der Waals surface area contributed by atoms with Crippen molar-refractivity contribution in [3.8, 4) is 55.6 Å². The molecule has 0 atom stereocenters. The normalized spacial score (nSPS) is 14.9. The molecule has 0 aromatic heterocycles. The molecule has 1 nitrogen and oxygen atoms in total. The van der Waals surface area contributed by atoms with Gasteiger partial charge in [-0.15, -0.1) is 0 Å². The summed E-state index contributed by atoms with van der Waals surface area (Å²) in [5.41, 5.74) is 29.6. The SMILES string of the molecule is CC(C)(C)c1ccc2c(c1)C1(c3ccccc3-c3ccccc31)c1cc(C(C)(C)C)cc(N(c3ccc4c(c3)Cc3cc(-c5ccccc5)ccc3-4)c3ccc4c(c3)C(C)(C)c3ccccc3-4)c1-2. The molecule has 0 bridgehead atoms. The lowest BCUT2D eigenvalue weighted by molar-refractivity contribution is 0.586. The van der Waals surface area contributed by atoms with Gasteiger partial charge in [-0.05, 0) is 153 Å². The van der Waals surface area contributed by atoms with Crippen LogP contribution < -0.4 is 4.90 Å². The van der Waals surface area contributed by atoms with Crippen LogP contribution in [-0.2, 0) is 28.1 Å². The van der Waals surface area contributed by atoms with Crippen LogP contribution in [0.25, 0.3) is 55.6 Å². The predicted octanol–water partition coefficient (Wildman–Crippen LogP) is 17.6. The van der Waals surface area contributed by atoms with E-state index in [1.807, 2.05) is 0 Å². The van der Waals surface area contributed by atoms with E-state index in [4.69, 9.17) is 0 Å². The first-order valence-corrected chi connectivity index (χ1v) is 24.6. The number of hydrogen-bond acceptors (Lipinski definition) is 1. The maximum atomic E-state index is 2.64. The zero-order valence-electron chi connectivity index (χ0n) is 40.6. The Balaban J connectivity index is 1.10. The summed E-state index contributed by atoms with van der Waals surface area (Å²) in [5, 5.41) is 0. The Morgan fingerprint density at radius 3 is 1.54 bits per heavy atom. The Kier molecular flexibility index (Phi) is 8.54. The van der Waals surface area contributed by atoms with Gasteiger partial charge in [-0.25, -0.2) is 0 Å². The average Bonchev–Trinajstić information content (AvgIpc) is 4.02. The molecule has 9 aromatic rings. The first-order chi connectivity index (χ1) is 32.7. The predicted molar refractivity (Wildman–Crippen MR) is 286 cm³/mol. The van der Waals surface area contributed by atoms with Crippen molar-refractivity contribution in [2.45, 2.75) is 83.5 Å². The van der Waals surface area contributed by atoms with Crippen molar-refractivity contribution >= 4 is 17.1 Å². The van der Waals surface area contributed by atoms with Crippen molar-refractivity contribution < 1.29 is 0 Å². The molecule has 330 valence electrons. The van der Waals surface area contributed by atoms with E-state index >= 15 is 0 Å². The number of fused-ring (bicyclic) bond motifs is 16. The Morgan fingerprint density at radius 1 is 0.368 bits per heavy atom. The van der Waals surface area contributed by atoms with Crippen molar-refractivity contribution in [1.82, 2.24) is 0 Å². The quantitative estimate of drug-likeness (QED) is 0.170. The Labute approximate surface area is 402 Å². The third-order valence-electron chi connectivity index (χ3n) is 16.2. The van der Waals surface area contributed by atoms with Crippen molar-refractivity contribution in [2.24, 2.45) is 0 Å². The van der Waals surface area contributed by atoms with Gasteiger partial charge in [-0.2, -0.15) is 0 Å². The number of hydrogen-bond donors (Lipinski definition) is 0. The van der Waals surface area contributed by atoms with Crippen LogP contribution in [-0.4, -0.2) is 0 Å². The molecule has 0 N–H and O–H groups in total. The zero-order valence-corrected chi connectivity index (χ0v) is 40.6. The van der Waals surface area contributed by atoms with Crippen LogP contribution in [0, 0.1) is 0 Å². The molecule has 9 aromatic carbocycles. The third-order valence-corrected chi connectivity index (χ3v) is 16.2. The maximum Gasteiger partial charge on any atom is 0.0726 e. The summed E-state index contributed by atoms with van der Waals surface area (Å²) in [6.07, 6.45) is 0.898. The largest absolute Gasteiger partial charge is 0.310 e. The number of anilines is 3. The van der Waals surface area contributed by atoms with E-state index in [2.05, 4.69) is 248 Å². The van der Waals surface area contributed by atoms with Gasteiger partial charge in [0, 0.05) is 22.4 Å². The van der Waals surface area contributed by atoms with Crippen LogP contribution in [0.4, 0.5) is 17.1 Å². The first-order valence-electron chi connectivity index (χ1n) is 24.6. The van der Waals surface area contributed by atoms with Gasteiger partial charge >= 0.3 is 0 Å². The molecule has 4 aliphatic carbocycles. The highest BCUT2D eigenvalue weighted by atomic mass is 15.1. The van der Waals surface area contributed by atoms with Crippen LogP contribution in [0.1, 0.15) is 111 Å². The fourth-order valence-corrected chi connectivity index (χ4v) is 12.7. The number of nitrogens with zero attached hydrogens (tertiary/aromatic N) is 1. The van der Waals surface area contributed by atoms with E-state index in [0.717, 1.165) is 6.42 Å². The minimum atomic E-state index is -0.502. The minimum absolute atomic E-state index is 0.0350. The number of rotatable bonds is 4. The molecule has 0 aliphatic heterocycles. The topological polar surface area (TPSA) is 3.24 Å². The van der Waals surface area contributed by atoms with E-state index < -0.39 is 5.41 Å². The molecule has 0 amide bonds. The van der Waals surface area contributed by atoms with Crippen LogP contribution in [0.5, 0.6) is 0 Å². The molecule has 68 heavy (non-hydrogen) atoms. The Bertz CT molecular complexity index is 3540. The summed E-state index contributed by atoms with van der Waals surface area (Å²) >= 11 is 0. The Hall–Kier alpha value is -7.22. The molecule has 0 saturated heterocycles. The molecular formula is C67H57N. The molecule has 1 heteroatoms. The van der Waals surface area contributed by atoms with E-state index in [9.17, 15) is 0 Å². The van der Waals surface area contributed by atoms with Gasteiger partial charge in [0.15, 0.2) is 0 Å². The van der Waals surface area contributed by atoms with Gasteiger partial charge in [0.2, 0.25) is 0 Å². The van der Waals surface area contributed by atoms with Crippen molar-refractivity contribution in [3.63, 3.8) is 0 Å². The van der Waals surface area contributed by atoms with Gasteiger partial charge < -0.3 is 4.90 Å². The van der Waals surface area contributed by atoms with Gasteiger partial charge in [0.25, 0.3) is 0 Å². The monoisotopic (exact) mass is 875 g/mol. The third kappa shape index (κ3) is 5.69. The van der Waals surface area contributed by atoms with Crippen LogP contribution in [0.3, 0.4) is 0 Å². The van der Waals surface area contributed by atoms with Gasteiger partial charge in [-0.3, -0.25) is 0 Å².